The highest BCUT2D eigenvalue weighted by atomic mass is 32.2. The highest BCUT2D eigenvalue weighted by Gasteiger charge is 2.41. The predicted molar refractivity (Wildman–Crippen MR) is 135 cm³/mol. The van der Waals surface area contributed by atoms with Crippen LogP contribution >= 0.6 is 11.8 Å². The number of aryl methyl sites for hydroxylation is 2. The lowest BCUT2D eigenvalue weighted by Crippen LogP contribution is -2.45. The van der Waals surface area contributed by atoms with Crippen LogP contribution in [0.15, 0.2) is 40.9 Å². The fourth-order valence-corrected chi connectivity index (χ4v) is 7.70. The number of allylic oxidation sites excluding steroid dienone is 1. The molecule has 1 amide bonds. The summed E-state index contributed by atoms with van der Waals surface area (Å²) in [5.74, 6) is -1.25. The van der Waals surface area contributed by atoms with Crippen LogP contribution in [-0.2, 0) is 28.7 Å². The Kier molecular flexibility index (Phi) is 7.23. The summed E-state index contributed by atoms with van der Waals surface area (Å²) in [6.45, 7) is 2.18. The Bertz CT molecular complexity index is 1270. The fourth-order valence-electron chi connectivity index (χ4n) is 5.97. The molecule has 0 spiro atoms. The Morgan fingerprint density at radius 3 is 2.53 bits per heavy atom. The first-order chi connectivity index (χ1) is 18.0. The van der Waals surface area contributed by atoms with Crippen molar-refractivity contribution in [2.24, 2.45) is 5.92 Å². The normalized spacial score (nSPS) is 22.7. The van der Waals surface area contributed by atoms with Crippen LogP contribution in [0.3, 0.4) is 0 Å². The van der Waals surface area contributed by atoms with E-state index in [0.29, 0.717) is 25.9 Å². The number of amides is 1. The molecule has 0 N–H and O–H groups in total. The molecule has 3 heterocycles. The van der Waals surface area contributed by atoms with Gasteiger partial charge in [0.15, 0.2) is 5.69 Å². The van der Waals surface area contributed by atoms with Crippen LogP contribution in [0.4, 0.5) is 13.2 Å². The van der Waals surface area contributed by atoms with Crippen LogP contribution in [0, 0.1) is 12.8 Å². The number of alkyl halides is 3. The molecule has 2 aliphatic heterocycles. The number of thioether (sulfide) groups is 1. The molecule has 11 heteroatoms. The molecule has 1 aromatic heterocycles. The number of carbonyl (C=O) groups is 2. The molecule has 2 aromatic rings. The molecule has 1 aromatic carbocycles. The van der Waals surface area contributed by atoms with Crippen LogP contribution in [0.25, 0.3) is 0 Å². The molecular weight excluding hydrogens is 517 g/mol. The van der Waals surface area contributed by atoms with Gasteiger partial charge in [-0.2, -0.15) is 18.3 Å². The van der Waals surface area contributed by atoms with Gasteiger partial charge in [0.25, 0.3) is 0 Å². The van der Waals surface area contributed by atoms with E-state index in [9.17, 15) is 27.9 Å². The zero-order valence-electron chi connectivity index (χ0n) is 21.3. The van der Waals surface area contributed by atoms with Crippen LogP contribution < -0.4 is 5.11 Å². The van der Waals surface area contributed by atoms with Gasteiger partial charge in [-0.3, -0.25) is 9.48 Å². The van der Waals surface area contributed by atoms with Gasteiger partial charge in [0, 0.05) is 36.7 Å². The van der Waals surface area contributed by atoms with Gasteiger partial charge < -0.3 is 19.7 Å². The fraction of sp³-hybridized carbons (Fsp3) is 0.519. The second kappa shape index (κ2) is 10.3. The molecular formula is C27H30F3N4O3S-. The molecule has 3 aliphatic rings. The molecule has 1 unspecified atom stereocenters. The first kappa shape index (κ1) is 26.6. The van der Waals surface area contributed by atoms with E-state index in [0.717, 1.165) is 34.9 Å². The van der Waals surface area contributed by atoms with E-state index < -0.39 is 17.8 Å². The Morgan fingerprint density at radius 1 is 1.16 bits per heavy atom. The third-order valence-corrected chi connectivity index (χ3v) is 9.62. The lowest BCUT2D eigenvalue weighted by molar-refractivity contribution is -0.301. The summed E-state index contributed by atoms with van der Waals surface area (Å²) in [4.78, 5) is 29.5. The molecule has 2 atom stereocenters. The molecule has 7 nitrogen and oxygen atoms in total. The summed E-state index contributed by atoms with van der Waals surface area (Å²) in [6.07, 6.45) is -0.317. The molecule has 204 valence electrons. The number of carboxylic acid groups (broad SMARTS) is 1. The first-order valence-electron chi connectivity index (χ1n) is 12.9. The smallest absolute Gasteiger partial charge is 0.435 e. The van der Waals surface area contributed by atoms with Gasteiger partial charge in [-0.15, -0.1) is 11.8 Å². The van der Waals surface area contributed by atoms with Gasteiger partial charge in [-0.05, 0) is 62.1 Å². The van der Waals surface area contributed by atoms with Crippen molar-refractivity contribution < 1.29 is 27.9 Å². The largest absolute Gasteiger partial charge is 0.543 e. The standard InChI is InChI=1S/C27H31F3N4O3S/c1-16-14-21(27(28,29)30)31-34(16)15-22(35)33-12-10-18(11-13-33)25-32(2)23(26(36)37)24(38-25)20-9-5-7-17-6-3-4-8-19(17)20/h3-4,6,8,14,18,20,25H,5,7,9-13,15H2,1-2H3,(H,36,37)/p-1/t20?,25-/m1/s1. The van der Waals surface area contributed by atoms with Crippen molar-refractivity contribution in [3.63, 3.8) is 0 Å². The SMILES string of the molecule is Cc1cc(C(F)(F)F)nn1CC(=O)N1CCC([C@H]2SC(C3CCCc4ccccc43)=C(C(=O)[O-])N2C)CC1. The van der Waals surface area contributed by atoms with E-state index in [1.165, 1.54) is 18.1 Å². The first-order valence-corrected chi connectivity index (χ1v) is 13.7. The number of benzene rings is 1. The summed E-state index contributed by atoms with van der Waals surface area (Å²) < 4.78 is 40.0. The predicted octanol–water partition coefficient (Wildman–Crippen LogP) is 3.54. The van der Waals surface area contributed by atoms with Gasteiger partial charge in [-0.25, -0.2) is 0 Å². The van der Waals surface area contributed by atoms with Gasteiger partial charge in [0.05, 0.1) is 17.0 Å². The van der Waals surface area contributed by atoms with Crippen molar-refractivity contribution >= 4 is 23.6 Å². The molecule has 5 rings (SSSR count). The topological polar surface area (TPSA) is 81.5 Å². The maximum atomic E-state index is 13.0. The van der Waals surface area contributed by atoms with Gasteiger partial charge in [0.1, 0.15) is 6.54 Å². The Balaban J connectivity index is 1.25. The van der Waals surface area contributed by atoms with Crippen molar-refractivity contribution in [2.75, 3.05) is 20.1 Å². The Morgan fingerprint density at radius 2 is 1.87 bits per heavy atom. The lowest BCUT2D eigenvalue weighted by Gasteiger charge is -2.38. The molecule has 1 fully saturated rings. The maximum Gasteiger partial charge on any atom is 0.435 e. The second-order valence-electron chi connectivity index (χ2n) is 10.3. The summed E-state index contributed by atoms with van der Waals surface area (Å²) in [5.41, 5.74) is 1.99. The summed E-state index contributed by atoms with van der Waals surface area (Å²) >= 11 is 1.61. The number of carboxylic acids is 1. The van der Waals surface area contributed by atoms with Crippen LogP contribution in [0.2, 0.25) is 0 Å². The van der Waals surface area contributed by atoms with Crippen LogP contribution in [0.1, 0.15) is 54.1 Å². The number of fused-ring (bicyclic) bond motifs is 1. The summed E-state index contributed by atoms with van der Waals surface area (Å²) in [6, 6.07) is 9.17. The quantitative estimate of drug-likeness (QED) is 0.570. The number of rotatable bonds is 5. The zero-order valence-corrected chi connectivity index (χ0v) is 22.1. The highest BCUT2D eigenvalue weighted by Crippen LogP contribution is 2.51. The van der Waals surface area contributed by atoms with Crippen LogP contribution in [-0.4, -0.2) is 57.0 Å². The number of aromatic nitrogens is 2. The summed E-state index contributed by atoms with van der Waals surface area (Å²) in [7, 11) is 1.81. The Labute approximate surface area is 223 Å². The Hall–Kier alpha value is -2.95. The lowest BCUT2D eigenvalue weighted by atomic mass is 9.82. The van der Waals surface area contributed by atoms with Gasteiger partial charge in [0.2, 0.25) is 5.91 Å². The number of likely N-dealkylation sites (N-methyl/N-ethyl adjacent to an activating group) is 1. The molecule has 38 heavy (non-hydrogen) atoms. The number of hydrogen-bond donors (Lipinski definition) is 0. The minimum atomic E-state index is -4.56. The zero-order chi connectivity index (χ0) is 27.2. The van der Waals surface area contributed by atoms with E-state index in [-0.39, 0.29) is 41.1 Å². The van der Waals surface area contributed by atoms with E-state index in [1.807, 2.05) is 17.0 Å². The van der Waals surface area contributed by atoms with Crippen molar-refractivity contribution in [3.8, 4) is 0 Å². The number of halogens is 3. The van der Waals surface area contributed by atoms with Crippen molar-refractivity contribution in [3.05, 3.63) is 63.4 Å². The third-order valence-electron chi connectivity index (χ3n) is 7.95. The molecule has 1 saturated heterocycles. The average molecular weight is 548 g/mol. The minimum absolute atomic E-state index is 0.0332. The number of nitrogens with zero attached hydrogens (tertiary/aromatic N) is 4. The van der Waals surface area contributed by atoms with E-state index in [4.69, 9.17) is 0 Å². The maximum absolute atomic E-state index is 13.0. The minimum Gasteiger partial charge on any atom is -0.543 e. The molecule has 1 aliphatic carbocycles. The van der Waals surface area contributed by atoms with Crippen molar-refractivity contribution in [1.82, 2.24) is 19.6 Å². The number of piperidine rings is 1. The van der Waals surface area contributed by atoms with E-state index >= 15 is 0 Å². The van der Waals surface area contributed by atoms with Crippen LogP contribution in [0.5, 0.6) is 0 Å². The number of likely N-dealkylation sites (tertiary alicyclic amines) is 1. The molecule has 0 saturated carbocycles. The monoisotopic (exact) mass is 547 g/mol. The average Bonchev–Trinajstić information content (AvgIpc) is 3.43. The van der Waals surface area contributed by atoms with Gasteiger partial charge >= 0.3 is 6.18 Å². The number of aliphatic carboxylic acids is 1. The highest BCUT2D eigenvalue weighted by molar-refractivity contribution is 8.04. The van der Waals surface area contributed by atoms with E-state index in [1.54, 1.807) is 23.7 Å². The molecule has 0 bridgehead atoms. The molecule has 0 radical (unpaired) electrons. The number of hydrogen-bond acceptors (Lipinski definition) is 6. The van der Waals surface area contributed by atoms with Crippen molar-refractivity contribution in [1.29, 1.82) is 0 Å². The van der Waals surface area contributed by atoms with Gasteiger partial charge in [-0.1, -0.05) is 24.3 Å². The second-order valence-corrected chi connectivity index (χ2v) is 11.5. The van der Waals surface area contributed by atoms with Crippen molar-refractivity contribution in [2.45, 2.75) is 63.0 Å². The summed E-state index contributed by atoms with van der Waals surface area (Å²) in [5, 5.41) is 15.7. The third kappa shape index (κ3) is 5.04. The van der Waals surface area contributed by atoms with E-state index in [2.05, 4.69) is 17.2 Å². The number of carbonyl (C=O) groups excluding carboxylic acids is 2.